The SMILES string of the molecule is COc1ccccc1/C=C/C=C1/Oc2cc(OCc3ccccc3Cl)ccc2C1=O. The number of benzene rings is 3. The Hall–Kier alpha value is -3.50. The number of methoxy groups -OCH3 is 1. The van der Waals surface area contributed by atoms with Crippen LogP contribution in [0.15, 0.2) is 84.6 Å². The number of fused-ring (bicyclic) bond motifs is 1. The summed E-state index contributed by atoms with van der Waals surface area (Å²) in [6.45, 7) is 0.330. The van der Waals surface area contributed by atoms with Crippen LogP contribution in [0.1, 0.15) is 21.5 Å². The molecule has 1 aliphatic rings. The van der Waals surface area contributed by atoms with Crippen LogP contribution in [-0.4, -0.2) is 12.9 Å². The maximum atomic E-state index is 12.6. The molecule has 30 heavy (non-hydrogen) atoms. The zero-order chi connectivity index (χ0) is 20.9. The summed E-state index contributed by atoms with van der Waals surface area (Å²) in [7, 11) is 1.62. The fourth-order valence-corrected chi connectivity index (χ4v) is 3.28. The van der Waals surface area contributed by atoms with Gasteiger partial charge in [0.15, 0.2) is 5.76 Å². The molecular formula is C25H19ClO4. The Morgan fingerprint density at radius 3 is 2.67 bits per heavy atom. The van der Waals surface area contributed by atoms with Gasteiger partial charge in [-0.3, -0.25) is 4.79 Å². The Bertz CT molecular complexity index is 1150. The summed E-state index contributed by atoms with van der Waals surface area (Å²) in [5, 5.41) is 0.650. The van der Waals surface area contributed by atoms with Crippen LogP contribution in [0.25, 0.3) is 6.08 Å². The third-order valence-corrected chi connectivity index (χ3v) is 5.02. The molecule has 0 aromatic heterocycles. The summed E-state index contributed by atoms with van der Waals surface area (Å²) in [6.07, 6.45) is 5.29. The highest BCUT2D eigenvalue weighted by molar-refractivity contribution is 6.31. The maximum absolute atomic E-state index is 12.6. The molecule has 0 amide bonds. The smallest absolute Gasteiger partial charge is 0.231 e. The number of ketones is 1. The van der Waals surface area contributed by atoms with Gasteiger partial charge in [0.25, 0.3) is 0 Å². The highest BCUT2D eigenvalue weighted by Crippen LogP contribution is 2.34. The van der Waals surface area contributed by atoms with Crippen LogP contribution in [0.2, 0.25) is 5.02 Å². The molecule has 4 rings (SSSR count). The molecule has 3 aromatic carbocycles. The number of carbonyl (C=O) groups is 1. The lowest BCUT2D eigenvalue weighted by atomic mass is 10.1. The van der Waals surface area contributed by atoms with Crippen LogP contribution in [-0.2, 0) is 6.61 Å². The average Bonchev–Trinajstić information content (AvgIpc) is 3.08. The first-order valence-electron chi connectivity index (χ1n) is 9.40. The van der Waals surface area contributed by atoms with E-state index in [0.717, 1.165) is 16.9 Å². The first kappa shape index (κ1) is 19.8. The van der Waals surface area contributed by atoms with Crippen molar-refractivity contribution in [3.05, 3.63) is 106 Å². The number of ether oxygens (including phenoxy) is 3. The van der Waals surface area contributed by atoms with E-state index in [1.807, 2.05) is 54.6 Å². The van der Waals surface area contributed by atoms with Crippen molar-refractivity contribution in [2.75, 3.05) is 7.11 Å². The second-order valence-corrected chi connectivity index (χ2v) is 7.01. The molecule has 0 saturated carbocycles. The fourth-order valence-electron chi connectivity index (χ4n) is 3.09. The molecule has 0 atom stereocenters. The van der Waals surface area contributed by atoms with Gasteiger partial charge in [-0.05, 0) is 30.3 Å². The van der Waals surface area contributed by atoms with Crippen molar-refractivity contribution >= 4 is 23.5 Å². The lowest BCUT2D eigenvalue weighted by molar-refractivity contribution is 0.101. The minimum absolute atomic E-state index is 0.160. The molecule has 0 saturated heterocycles. The second-order valence-electron chi connectivity index (χ2n) is 6.60. The quantitative estimate of drug-likeness (QED) is 0.454. The van der Waals surface area contributed by atoms with E-state index in [0.29, 0.717) is 28.7 Å². The van der Waals surface area contributed by atoms with E-state index >= 15 is 0 Å². The predicted molar refractivity (Wildman–Crippen MR) is 117 cm³/mol. The van der Waals surface area contributed by atoms with E-state index in [9.17, 15) is 4.79 Å². The van der Waals surface area contributed by atoms with Gasteiger partial charge in [-0.15, -0.1) is 0 Å². The first-order chi connectivity index (χ1) is 14.7. The summed E-state index contributed by atoms with van der Waals surface area (Å²) >= 11 is 6.16. The Morgan fingerprint density at radius 2 is 1.83 bits per heavy atom. The van der Waals surface area contributed by atoms with E-state index in [1.165, 1.54) is 0 Å². The van der Waals surface area contributed by atoms with E-state index in [4.69, 9.17) is 25.8 Å². The van der Waals surface area contributed by atoms with Gasteiger partial charge < -0.3 is 14.2 Å². The van der Waals surface area contributed by atoms with Crippen molar-refractivity contribution in [3.8, 4) is 17.2 Å². The minimum atomic E-state index is -0.160. The monoisotopic (exact) mass is 418 g/mol. The van der Waals surface area contributed by atoms with Gasteiger partial charge in [-0.25, -0.2) is 0 Å². The molecule has 0 fully saturated rings. The molecule has 0 N–H and O–H groups in total. The number of para-hydroxylation sites is 1. The van der Waals surface area contributed by atoms with Crippen LogP contribution in [0.5, 0.6) is 17.2 Å². The molecule has 4 nitrogen and oxygen atoms in total. The third kappa shape index (κ3) is 4.24. The number of rotatable bonds is 6. The zero-order valence-electron chi connectivity index (χ0n) is 16.3. The standard InChI is InChI=1S/C25H19ClO4/c1-28-22-11-5-3-7-17(22)9-6-12-23-25(27)20-14-13-19(15-24(20)30-23)29-16-18-8-2-4-10-21(18)26/h2-15H,16H2,1H3/b9-6+,23-12+. The molecule has 150 valence electrons. The summed E-state index contributed by atoms with van der Waals surface area (Å²) in [4.78, 5) is 12.6. The molecule has 0 bridgehead atoms. The van der Waals surface area contributed by atoms with Crippen LogP contribution in [0, 0.1) is 0 Å². The fraction of sp³-hybridized carbons (Fsp3) is 0.0800. The van der Waals surface area contributed by atoms with Crippen LogP contribution >= 0.6 is 11.6 Å². The first-order valence-corrected chi connectivity index (χ1v) is 9.77. The zero-order valence-corrected chi connectivity index (χ0v) is 17.1. The Balaban J connectivity index is 1.47. The summed E-state index contributed by atoms with van der Waals surface area (Å²) in [5.74, 6) is 1.95. The van der Waals surface area contributed by atoms with Gasteiger partial charge in [0.1, 0.15) is 23.9 Å². The third-order valence-electron chi connectivity index (χ3n) is 4.66. The Kier molecular flexibility index (Phi) is 5.87. The summed E-state index contributed by atoms with van der Waals surface area (Å²) in [5.41, 5.74) is 2.31. The lowest BCUT2D eigenvalue weighted by Crippen LogP contribution is -1.97. The van der Waals surface area contributed by atoms with E-state index in [-0.39, 0.29) is 11.5 Å². The highest BCUT2D eigenvalue weighted by atomic mass is 35.5. The van der Waals surface area contributed by atoms with Crippen LogP contribution < -0.4 is 14.2 Å². The van der Waals surface area contributed by atoms with Crippen molar-refractivity contribution < 1.29 is 19.0 Å². The van der Waals surface area contributed by atoms with Gasteiger partial charge in [-0.2, -0.15) is 0 Å². The molecule has 5 heteroatoms. The minimum Gasteiger partial charge on any atom is -0.496 e. The molecule has 0 aliphatic carbocycles. The predicted octanol–water partition coefficient (Wildman–Crippen LogP) is 6.10. The summed E-state index contributed by atoms with van der Waals surface area (Å²) in [6, 6.07) is 20.3. The normalized spacial score (nSPS) is 14.1. The molecular weight excluding hydrogens is 400 g/mol. The molecule has 0 spiro atoms. The van der Waals surface area contributed by atoms with Crippen molar-refractivity contribution in [1.29, 1.82) is 0 Å². The van der Waals surface area contributed by atoms with Crippen LogP contribution in [0.4, 0.5) is 0 Å². The second kappa shape index (κ2) is 8.89. The number of halogens is 1. The average molecular weight is 419 g/mol. The number of hydrogen-bond donors (Lipinski definition) is 0. The van der Waals surface area contributed by atoms with Gasteiger partial charge >= 0.3 is 0 Å². The van der Waals surface area contributed by atoms with E-state index < -0.39 is 0 Å². The number of hydrogen-bond acceptors (Lipinski definition) is 4. The maximum Gasteiger partial charge on any atom is 0.231 e. The Morgan fingerprint density at radius 1 is 1.03 bits per heavy atom. The lowest BCUT2D eigenvalue weighted by Gasteiger charge is -2.08. The van der Waals surface area contributed by atoms with Gasteiger partial charge in [0.2, 0.25) is 5.78 Å². The number of allylic oxidation sites excluding steroid dienone is 3. The van der Waals surface area contributed by atoms with Crippen LogP contribution in [0.3, 0.4) is 0 Å². The van der Waals surface area contributed by atoms with Crippen molar-refractivity contribution in [2.45, 2.75) is 6.61 Å². The van der Waals surface area contributed by atoms with E-state index in [2.05, 4.69) is 0 Å². The summed E-state index contributed by atoms with van der Waals surface area (Å²) < 4.78 is 16.9. The number of Topliss-reactive ketones (excluding diaryl/α,β-unsaturated/α-hetero) is 1. The molecule has 3 aromatic rings. The molecule has 1 aliphatic heterocycles. The van der Waals surface area contributed by atoms with Gasteiger partial charge in [-0.1, -0.05) is 60.2 Å². The van der Waals surface area contributed by atoms with E-state index in [1.54, 1.807) is 37.5 Å². The molecule has 0 radical (unpaired) electrons. The van der Waals surface area contributed by atoms with Crippen molar-refractivity contribution in [2.24, 2.45) is 0 Å². The van der Waals surface area contributed by atoms with Gasteiger partial charge in [0.05, 0.1) is 12.7 Å². The highest BCUT2D eigenvalue weighted by Gasteiger charge is 2.27. The topological polar surface area (TPSA) is 44.8 Å². The molecule has 1 heterocycles. The number of carbonyl (C=O) groups excluding carboxylic acids is 1. The Labute approximate surface area is 180 Å². The largest absolute Gasteiger partial charge is 0.496 e. The molecule has 0 unspecified atom stereocenters. The van der Waals surface area contributed by atoms with Crippen molar-refractivity contribution in [3.63, 3.8) is 0 Å². The van der Waals surface area contributed by atoms with Gasteiger partial charge in [0, 0.05) is 22.2 Å². The van der Waals surface area contributed by atoms with Crippen molar-refractivity contribution in [1.82, 2.24) is 0 Å².